The van der Waals surface area contributed by atoms with Crippen molar-refractivity contribution in [3.8, 4) is 11.1 Å². The van der Waals surface area contributed by atoms with Crippen LogP contribution in [0.3, 0.4) is 0 Å². The molecule has 7 nitrogen and oxygen atoms in total. The summed E-state index contributed by atoms with van der Waals surface area (Å²) in [6.45, 7) is 4.26. The van der Waals surface area contributed by atoms with Crippen LogP contribution in [0.4, 0.5) is 4.79 Å². The molecule has 0 aliphatic heterocycles. The summed E-state index contributed by atoms with van der Waals surface area (Å²) in [7, 11) is 0. The van der Waals surface area contributed by atoms with E-state index in [1.165, 1.54) is 11.1 Å². The molecule has 0 radical (unpaired) electrons. The van der Waals surface area contributed by atoms with Gasteiger partial charge in [-0.2, -0.15) is 0 Å². The van der Waals surface area contributed by atoms with Gasteiger partial charge in [-0.1, -0.05) is 55.0 Å². The third kappa shape index (κ3) is 6.81. The number of benzene rings is 2. The Balaban J connectivity index is 1.45. The van der Waals surface area contributed by atoms with Gasteiger partial charge in [0.25, 0.3) is 0 Å². The molecule has 2 amide bonds. The van der Waals surface area contributed by atoms with Gasteiger partial charge in [0.15, 0.2) is 0 Å². The number of ether oxygens (including phenoxy) is 1. The average Bonchev–Trinajstić information content (AvgIpc) is 3.07. The molecule has 0 bridgehead atoms. The number of nitrogens with one attached hydrogen (secondary N) is 2. The van der Waals surface area contributed by atoms with Crippen molar-refractivity contribution in [2.75, 3.05) is 13.2 Å². The van der Waals surface area contributed by atoms with Crippen LogP contribution in [-0.4, -0.2) is 41.8 Å². The highest BCUT2D eigenvalue weighted by atomic mass is 16.5. The number of hydrogen-bond acceptors (Lipinski definition) is 4. The average molecular weight is 453 g/mol. The van der Waals surface area contributed by atoms with Gasteiger partial charge < -0.3 is 20.5 Å². The van der Waals surface area contributed by atoms with Crippen molar-refractivity contribution in [1.29, 1.82) is 0 Å². The molecule has 176 valence electrons. The minimum Gasteiger partial charge on any atom is -0.481 e. The highest BCUT2D eigenvalue weighted by molar-refractivity contribution is 5.80. The number of aliphatic carboxylic acids is 1. The van der Waals surface area contributed by atoms with Crippen LogP contribution >= 0.6 is 0 Å². The van der Waals surface area contributed by atoms with E-state index in [-0.39, 0.29) is 31.3 Å². The third-order valence-electron chi connectivity index (χ3n) is 5.78. The van der Waals surface area contributed by atoms with E-state index in [0.717, 1.165) is 24.0 Å². The van der Waals surface area contributed by atoms with Crippen molar-refractivity contribution in [3.63, 3.8) is 0 Å². The Morgan fingerprint density at radius 2 is 1.55 bits per heavy atom. The van der Waals surface area contributed by atoms with Gasteiger partial charge in [0.2, 0.25) is 5.91 Å². The second-order valence-electron chi connectivity index (χ2n) is 9.07. The summed E-state index contributed by atoms with van der Waals surface area (Å²) in [6.07, 6.45) is 1.77. The second-order valence-corrected chi connectivity index (χ2v) is 9.07. The van der Waals surface area contributed by atoms with Gasteiger partial charge in [0, 0.05) is 30.8 Å². The first kappa shape index (κ1) is 24.3. The number of amides is 2. The minimum atomic E-state index is -0.805. The van der Waals surface area contributed by atoms with Crippen LogP contribution in [0.1, 0.15) is 63.0 Å². The zero-order valence-corrected chi connectivity index (χ0v) is 19.2. The molecule has 1 aliphatic carbocycles. The lowest BCUT2D eigenvalue weighted by molar-refractivity contribution is -0.137. The largest absolute Gasteiger partial charge is 0.481 e. The Morgan fingerprint density at radius 3 is 2.15 bits per heavy atom. The van der Waals surface area contributed by atoms with Gasteiger partial charge in [-0.15, -0.1) is 0 Å². The molecule has 2 aromatic rings. The van der Waals surface area contributed by atoms with E-state index in [9.17, 15) is 14.4 Å². The summed E-state index contributed by atoms with van der Waals surface area (Å²) in [6, 6.07) is 16.3. The molecule has 0 heterocycles. The van der Waals surface area contributed by atoms with E-state index in [1.807, 2.05) is 24.3 Å². The number of carbonyl (C=O) groups is 3. The van der Waals surface area contributed by atoms with Crippen LogP contribution < -0.4 is 10.6 Å². The van der Waals surface area contributed by atoms with E-state index < -0.39 is 17.6 Å². The van der Waals surface area contributed by atoms with Crippen LogP contribution in [0.15, 0.2) is 48.5 Å². The topological polar surface area (TPSA) is 105 Å². The van der Waals surface area contributed by atoms with Gasteiger partial charge in [-0.05, 0) is 48.9 Å². The molecule has 0 fully saturated rings. The van der Waals surface area contributed by atoms with Crippen LogP contribution in [-0.2, 0) is 14.3 Å². The van der Waals surface area contributed by atoms with Crippen molar-refractivity contribution < 1.29 is 24.2 Å². The lowest BCUT2D eigenvalue weighted by atomic mass is 9.98. The first-order chi connectivity index (χ1) is 15.8. The van der Waals surface area contributed by atoms with Crippen molar-refractivity contribution in [3.05, 3.63) is 59.7 Å². The maximum atomic E-state index is 12.5. The van der Waals surface area contributed by atoms with Crippen molar-refractivity contribution >= 4 is 18.0 Å². The maximum Gasteiger partial charge on any atom is 0.407 e. The third-order valence-corrected chi connectivity index (χ3v) is 5.78. The lowest BCUT2D eigenvalue weighted by Crippen LogP contribution is -2.47. The molecule has 33 heavy (non-hydrogen) atoms. The summed E-state index contributed by atoms with van der Waals surface area (Å²) in [5, 5.41) is 14.2. The predicted molar refractivity (Wildman–Crippen MR) is 126 cm³/mol. The van der Waals surface area contributed by atoms with E-state index in [0.29, 0.717) is 13.0 Å². The summed E-state index contributed by atoms with van der Waals surface area (Å²) in [5.41, 5.74) is 3.86. The number of carboxylic acid groups (broad SMARTS) is 1. The molecule has 0 aromatic heterocycles. The Morgan fingerprint density at radius 1 is 0.939 bits per heavy atom. The molecule has 3 rings (SSSR count). The zero-order chi connectivity index (χ0) is 23.8. The van der Waals surface area contributed by atoms with Crippen molar-refractivity contribution in [1.82, 2.24) is 10.6 Å². The molecule has 0 atom stereocenters. The molecule has 1 aliphatic rings. The van der Waals surface area contributed by atoms with Gasteiger partial charge in [0.1, 0.15) is 6.61 Å². The molecular formula is C26H32N2O5. The van der Waals surface area contributed by atoms with E-state index in [4.69, 9.17) is 9.84 Å². The number of hydrogen-bond donors (Lipinski definition) is 3. The standard InChI is InChI=1S/C26H32N2O5/c1-26(2,16-23(29)27-15-9-3-4-14-24(30)31)28-25(32)33-17-22-20-12-7-5-10-18(20)19-11-6-8-13-21(19)22/h5-8,10-13,22H,3-4,9,14-17H2,1-2H3,(H,27,29)(H,28,32)(H,30,31). The van der Waals surface area contributed by atoms with E-state index in [2.05, 4.69) is 34.9 Å². The molecule has 0 unspecified atom stereocenters. The monoisotopic (exact) mass is 452 g/mol. The Kier molecular flexibility index (Phi) is 8.09. The normalized spacial score (nSPS) is 12.5. The fourth-order valence-corrected chi connectivity index (χ4v) is 4.22. The Labute approximate surface area is 194 Å². The van der Waals surface area contributed by atoms with Gasteiger partial charge in [-0.3, -0.25) is 9.59 Å². The van der Waals surface area contributed by atoms with Crippen LogP contribution in [0.2, 0.25) is 0 Å². The molecule has 0 saturated carbocycles. The highest BCUT2D eigenvalue weighted by Crippen LogP contribution is 2.44. The first-order valence-electron chi connectivity index (χ1n) is 11.4. The predicted octanol–water partition coefficient (Wildman–Crippen LogP) is 4.46. The smallest absolute Gasteiger partial charge is 0.407 e. The maximum absolute atomic E-state index is 12.5. The molecule has 7 heteroatoms. The molecule has 3 N–H and O–H groups in total. The lowest BCUT2D eigenvalue weighted by Gasteiger charge is -2.25. The summed E-state index contributed by atoms with van der Waals surface area (Å²) in [5.74, 6) is -0.993. The molecular weight excluding hydrogens is 420 g/mol. The fourth-order valence-electron chi connectivity index (χ4n) is 4.22. The Bertz CT molecular complexity index is 956. The van der Waals surface area contributed by atoms with E-state index in [1.54, 1.807) is 13.8 Å². The van der Waals surface area contributed by atoms with Gasteiger partial charge in [0.05, 0.1) is 0 Å². The Hall–Kier alpha value is -3.35. The summed E-state index contributed by atoms with van der Waals surface area (Å²) >= 11 is 0. The number of carbonyl (C=O) groups excluding carboxylic acids is 2. The second kappa shape index (κ2) is 11.0. The fraction of sp³-hybridized carbons (Fsp3) is 0.423. The van der Waals surface area contributed by atoms with Gasteiger partial charge >= 0.3 is 12.1 Å². The number of carboxylic acids is 1. The minimum absolute atomic E-state index is 0.0179. The van der Waals surface area contributed by atoms with Crippen LogP contribution in [0, 0.1) is 0 Å². The number of alkyl carbamates (subject to hydrolysis) is 1. The summed E-state index contributed by atoms with van der Waals surface area (Å²) < 4.78 is 5.57. The highest BCUT2D eigenvalue weighted by Gasteiger charge is 2.30. The number of rotatable bonds is 11. The SMILES string of the molecule is CC(C)(CC(=O)NCCCCCC(=O)O)NC(=O)OCC1c2ccccc2-c2ccccc21. The van der Waals surface area contributed by atoms with Crippen LogP contribution in [0.25, 0.3) is 11.1 Å². The number of unbranched alkanes of at least 4 members (excludes halogenated alkanes) is 2. The van der Waals surface area contributed by atoms with Crippen molar-refractivity contribution in [2.45, 2.75) is 57.4 Å². The quantitative estimate of drug-likeness (QED) is 0.437. The zero-order valence-electron chi connectivity index (χ0n) is 19.2. The van der Waals surface area contributed by atoms with Crippen molar-refractivity contribution in [2.24, 2.45) is 0 Å². The number of fused-ring (bicyclic) bond motifs is 3. The van der Waals surface area contributed by atoms with Crippen LogP contribution in [0.5, 0.6) is 0 Å². The molecule has 2 aromatic carbocycles. The van der Waals surface area contributed by atoms with E-state index >= 15 is 0 Å². The molecule has 0 spiro atoms. The summed E-state index contributed by atoms with van der Waals surface area (Å²) in [4.78, 5) is 35.2. The molecule has 0 saturated heterocycles. The van der Waals surface area contributed by atoms with Gasteiger partial charge in [-0.25, -0.2) is 4.79 Å². The first-order valence-corrected chi connectivity index (χ1v) is 11.4.